The van der Waals surface area contributed by atoms with Gasteiger partial charge < -0.3 is 20.1 Å². The molecule has 1 unspecified atom stereocenters. The van der Waals surface area contributed by atoms with E-state index in [2.05, 4.69) is 65.1 Å². The molecule has 1 saturated heterocycles. The average Bonchev–Trinajstić information content (AvgIpc) is 2.91. The first-order valence-electron chi connectivity index (χ1n) is 13.1. The van der Waals surface area contributed by atoms with Crippen LogP contribution in [0.4, 0.5) is 0 Å². The first-order chi connectivity index (χ1) is 17.3. The van der Waals surface area contributed by atoms with Crippen molar-refractivity contribution in [1.29, 1.82) is 0 Å². The van der Waals surface area contributed by atoms with Crippen LogP contribution in [0.2, 0.25) is 0 Å². The van der Waals surface area contributed by atoms with E-state index in [0.717, 1.165) is 68.8 Å². The molecule has 0 spiro atoms. The molecule has 36 heavy (non-hydrogen) atoms. The van der Waals surface area contributed by atoms with E-state index >= 15 is 0 Å². The fraction of sp³-hybridized carbons (Fsp3) is 0.667. The minimum Gasteiger partial charge on any atom is -0.480 e. The molecule has 2 rings (SSSR count). The highest BCUT2D eigenvalue weighted by molar-refractivity contribution is 7.80. The standard InChI is InChI=1S/C27H44N4O4S/c1-4-29-12-13-30(20-35-21-32)18-25(31(15-14-29)19-27(33)34)16-23-7-9-24(10-8-23)17-26(36)6-5-11-28-22(2)3/h7-10,21-22,25,28H,4-6,11-20H2,1-3H3,(H,33,34). The van der Waals surface area contributed by atoms with Gasteiger partial charge in [-0.1, -0.05) is 57.3 Å². The van der Waals surface area contributed by atoms with E-state index in [1.54, 1.807) is 0 Å². The van der Waals surface area contributed by atoms with E-state index in [1.165, 1.54) is 5.56 Å². The Labute approximate surface area is 222 Å². The number of carbonyl (C=O) groups is 2. The van der Waals surface area contributed by atoms with Gasteiger partial charge in [0.15, 0.2) is 0 Å². The Hall–Kier alpha value is -1.91. The third-order valence-corrected chi connectivity index (χ3v) is 6.96. The van der Waals surface area contributed by atoms with E-state index in [-0.39, 0.29) is 19.3 Å². The molecule has 202 valence electrons. The van der Waals surface area contributed by atoms with Crippen LogP contribution in [0.1, 0.15) is 44.7 Å². The second kappa shape index (κ2) is 16.8. The van der Waals surface area contributed by atoms with Crippen LogP contribution in [-0.4, -0.2) is 108 Å². The molecule has 1 atom stereocenters. The van der Waals surface area contributed by atoms with Crippen molar-refractivity contribution in [3.05, 3.63) is 35.4 Å². The predicted octanol–water partition coefficient (Wildman–Crippen LogP) is 2.44. The van der Waals surface area contributed by atoms with Crippen LogP contribution >= 0.6 is 12.2 Å². The lowest BCUT2D eigenvalue weighted by Crippen LogP contribution is -2.48. The summed E-state index contributed by atoms with van der Waals surface area (Å²) in [5.41, 5.74) is 2.37. The Morgan fingerprint density at radius 3 is 2.47 bits per heavy atom. The monoisotopic (exact) mass is 520 g/mol. The summed E-state index contributed by atoms with van der Waals surface area (Å²) in [6, 6.07) is 9.03. The van der Waals surface area contributed by atoms with E-state index in [0.29, 0.717) is 25.6 Å². The van der Waals surface area contributed by atoms with Gasteiger partial charge in [-0.2, -0.15) is 0 Å². The average molecular weight is 521 g/mol. The number of ether oxygens (including phenoxy) is 1. The number of benzene rings is 1. The number of carboxylic acids is 1. The second-order valence-electron chi connectivity index (χ2n) is 9.87. The zero-order valence-electron chi connectivity index (χ0n) is 22.2. The van der Waals surface area contributed by atoms with E-state index < -0.39 is 5.97 Å². The van der Waals surface area contributed by atoms with Crippen molar-refractivity contribution in [3.8, 4) is 0 Å². The zero-order valence-corrected chi connectivity index (χ0v) is 23.0. The third-order valence-electron chi connectivity index (χ3n) is 6.61. The van der Waals surface area contributed by atoms with Crippen molar-refractivity contribution in [2.75, 3.05) is 59.1 Å². The van der Waals surface area contributed by atoms with Crippen LogP contribution in [0, 0.1) is 0 Å². The van der Waals surface area contributed by atoms with E-state index in [9.17, 15) is 14.7 Å². The fourth-order valence-corrected chi connectivity index (χ4v) is 4.87. The molecule has 0 amide bonds. The van der Waals surface area contributed by atoms with E-state index in [4.69, 9.17) is 17.0 Å². The number of nitrogens with zero attached hydrogens (tertiary/aromatic N) is 3. The number of hydrogen-bond acceptors (Lipinski definition) is 8. The number of carbonyl (C=O) groups excluding carboxylic acids is 1. The van der Waals surface area contributed by atoms with Crippen LogP contribution in [0.3, 0.4) is 0 Å². The van der Waals surface area contributed by atoms with Crippen molar-refractivity contribution in [1.82, 2.24) is 20.0 Å². The highest BCUT2D eigenvalue weighted by atomic mass is 32.1. The Morgan fingerprint density at radius 2 is 1.83 bits per heavy atom. The fourth-order valence-electron chi connectivity index (χ4n) is 4.55. The van der Waals surface area contributed by atoms with Crippen LogP contribution in [-0.2, 0) is 27.2 Å². The van der Waals surface area contributed by atoms with E-state index in [1.807, 2.05) is 0 Å². The first kappa shape index (κ1) is 30.3. The van der Waals surface area contributed by atoms with Crippen LogP contribution < -0.4 is 5.32 Å². The molecule has 1 aliphatic rings. The lowest BCUT2D eigenvalue weighted by atomic mass is 10.00. The second-order valence-corrected chi connectivity index (χ2v) is 10.4. The summed E-state index contributed by atoms with van der Waals surface area (Å²) in [5.74, 6) is -0.828. The molecule has 1 heterocycles. The molecule has 0 saturated carbocycles. The molecule has 0 radical (unpaired) electrons. The number of thiocarbonyl (C=S) groups is 1. The minimum absolute atomic E-state index is 0.00598. The number of nitrogens with one attached hydrogen (secondary N) is 1. The molecule has 0 aromatic heterocycles. The number of carboxylic acid groups (broad SMARTS) is 1. The maximum absolute atomic E-state index is 11.7. The van der Waals surface area contributed by atoms with Gasteiger partial charge >= 0.3 is 5.97 Å². The van der Waals surface area contributed by atoms with Gasteiger partial charge in [0.05, 0.1) is 6.54 Å². The summed E-state index contributed by atoms with van der Waals surface area (Å²) in [7, 11) is 0. The maximum atomic E-state index is 11.7. The lowest BCUT2D eigenvalue weighted by Gasteiger charge is -2.33. The van der Waals surface area contributed by atoms with Gasteiger partial charge in [0.1, 0.15) is 6.73 Å². The number of aliphatic carboxylic acids is 1. The quantitative estimate of drug-likeness (QED) is 0.206. The highest BCUT2D eigenvalue weighted by Gasteiger charge is 2.26. The van der Waals surface area contributed by atoms with Crippen LogP contribution in [0.15, 0.2) is 24.3 Å². The number of rotatable bonds is 15. The van der Waals surface area contributed by atoms with Crippen molar-refractivity contribution in [3.63, 3.8) is 0 Å². The summed E-state index contributed by atoms with van der Waals surface area (Å²) in [6.07, 6.45) is 3.52. The van der Waals surface area contributed by atoms with Gasteiger partial charge in [-0.15, -0.1) is 0 Å². The molecular formula is C27H44N4O4S. The summed E-state index contributed by atoms with van der Waals surface area (Å²) < 4.78 is 5.07. The van der Waals surface area contributed by atoms with Crippen molar-refractivity contribution < 1.29 is 19.4 Å². The normalized spacial score (nSPS) is 18.4. The molecule has 1 aromatic rings. The third kappa shape index (κ3) is 11.9. The topological polar surface area (TPSA) is 85.4 Å². The Morgan fingerprint density at radius 1 is 1.17 bits per heavy atom. The SMILES string of the molecule is CCN1CCN(COC=O)CC(Cc2ccc(CC(=S)CCCNC(C)C)cc2)N(CC(=O)O)CC1. The number of hydrogen-bond donors (Lipinski definition) is 2. The van der Waals surface area contributed by atoms with Crippen molar-refractivity contribution in [2.45, 2.75) is 58.5 Å². The highest BCUT2D eigenvalue weighted by Crippen LogP contribution is 2.15. The Balaban J connectivity index is 2.06. The van der Waals surface area contributed by atoms with Crippen LogP contribution in [0.5, 0.6) is 0 Å². The Kier molecular flexibility index (Phi) is 14.1. The summed E-state index contributed by atoms with van der Waals surface area (Å²) in [4.78, 5) is 30.0. The molecule has 0 bridgehead atoms. The lowest BCUT2D eigenvalue weighted by molar-refractivity contribution is -0.139. The molecule has 2 N–H and O–H groups in total. The molecule has 1 aromatic carbocycles. The largest absolute Gasteiger partial charge is 0.480 e. The van der Waals surface area contributed by atoms with Crippen LogP contribution in [0.25, 0.3) is 0 Å². The predicted molar refractivity (Wildman–Crippen MR) is 148 cm³/mol. The van der Waals surface area contributed by atoms with Gasteiger partial charge in [-0.3, -0.25) is 19.4 Å². The summed E-state index contributed by atoms with van der Waals surface area (Å²) in [5, 5.41) is 13.0. The van der Waals surface area contributed by atoms with Gasteiger partial charge in [0.25, 0.3) is 6.47 Å². The van der Waals surface area contributed by atoms with Gasteiger partial charge in [0.2, 0.25) is 0 Å². The van der Waals surface area contributed by atoms with Gasteiger partial charge in [-0.05, 0) is 48.3 Å². The van der Waals surface area contributed by atoms with Crippen molar-refractivity contribution >= 4 is 29.5 Å². The summed E-state index contributed by atoms with van der Waals surface area (Å²) in [6.45, 7) is 12.7. The molecular weight excluding hydrogens is 476 g/mol. The Bertz CT molecular complexity index is 805. The molecule has 1 aliphatic heterocycles. The van der Waals surface area contributed by atoms with Gasteiger partial charge in [-0.25, -0.2) is 0 Å². The molecule has 0 aliphatic carbocycles. The van der Waals surface area contributed by atoms with Crippen molar-refractivity contribution in [2.24, 2.45) is 0 Å². The smallest absolute Gasteiger partial charge is 0.317 e. The first-order valence-corrected chi connectivity index (χ1v) is 13.5. The van der Waals surface area contributed by atoms with Gasteiger partial charge in [0, 0.05) is 51.2 Å². The molecule has 9 heteroatoms. The zero-order chi connectivity index (χ0) is 26.3. The molecule has 8 nitrogen and oxygen atoms in total. The minimum atomic E-state index is -0.828. The summed E-state index contributed by atoms with van der Waals surface area (Å²) >= 11 is 5.61. The molecule has 1 fully saturated rings. The number of likely N-dealkylation sites (N-methyl/N-ethyl adjacent to an activating group) is 1. The maximum Gasteiger partial charge on any atom is 0.317 e.